The summed E-state index contributed by atoms with van der Waals surface area (Å²) in [6.07, 6.45) is 1.51. The molecule has 3 N–H and O–H groups in total. The molecule has 1 fully saturated rings. The molecule has 0 spiro atoms. The zero-order valence-electron chi connectivity index (χ0n) is 13.6. The van der Waals surface area contributed by atoms with Gasteiger partial charge in [0.15, 0.2) is 11.6 Å². The van der Waals surface area contributed by atoms with E-state index >= 15 is 0 Å². The number of aromatic nitrogens is 4. The number of nitrogens with two attached hydrogens (primary N) is 1. The lowest BCUT2D eigenvalue weighted by Crippen LogP contribution is -2.39. The topological polar surface area (TPSA) is 94.1 Å². The Labute approximate surface area is 135 Å². The first-order valence-electron chi connectivity index (χ1n) is 7.83. The Kier molecular flexibility index (Phi) is 4.73. The van der Waals surface area contributed by atoms with Crippen molar-refractivity contribution in [2.45, 2.75) is 13.8 Å². The molecule has 1 aliphatic rings. The van der Waals surface area contributed by atoms with Crippen LogP contribution in [0.3, 0.4) is 0 Å². The number of nitrogens with zero attached hydrogens (tertiary/aromatic N) is 5. The fraction of sp³-hybridized carbons (Fsp3) is 0.533. The highest BCUT2D eigenvalue weighted by Gasteiger charge is 2.14. The van der Waals surface area contributed by atoms with Gasteiger partial charge >= 0.3 is 0 Å². The average Bonchev–Trinajstić information content (AvgIpc) is 2.88. The third kappa shape index (κ3) is 3.59. The molecule has 0 bridgehead atoms. The van der Waals surface area contributed by atoms with Gasteiger partial charge in [0.05, 0.1) is 18.9 Å². The molecular formula is C15H23N7O. The van der Waals surface area contributed by atoms with Crippen LogP contribution in [-0.4, -0.2) is 64.0 Å². The Morgan fingerprint density at radius 3 is 2.74 bits per heavy atom. The summed E-state index contributed by atoms with van der Waals surface area (Å²) >= 11 is 0. The molecule has 0 unspecified atom stereocenters. The van der Waals surface area contributed by atoms with Crippen LogP contribution in [0.25, 0.3) is 5.82 Å². The van der Waals surface area contributed by atoms with Gasteiger partial charge < -0.3 is 15.8 Å². The lowest BCUT2D eigenvalue weighted by molar-refractivity contribution is 0.0398. The summed E-state index contributed by atoms with van der Waals surface area (Å²) in [6.45, 7) is 9.18. The molecule has 3 rings (SSSR count). The molecule has 0 atom stereocenters. The Morgan fingerprint density at radius 1 is 1.26 bits per heavy atom. The minimum Gasteiger partial charge on any atom is -0.393 e. The zero-order chi connectivity index (χ0) is 16.2. The van der Waals surface area contributed by atoms with Crippen LogP contribution < -0.4 is 11.1 Å². The SMILES string of the molecule is Cc1cc(C)n(-c2ncnc(NCCN3CCOCC3)c2N)n1. The van der Waals surface area contributed by atoms with Crippen LogP contribution in [0.1, 0.15) is 11.4 Å². The standard InChI is InChI=1S/C15H23N7O/c1-11-9-12(2)22(20-11)15-13(16)14(18-10-19-15)17-3-4-21-5-7-23-8-6-21/h9-10H,3-8,16H2,1-2H3,(H,17,18,19). The van der Waals surface area contributed by atoms with Crippen LogP contribution in [0.4, 0.5) is 11.5 Å². The molecule has 0 amide bonds. The van der Waals surface area contributed by atoms with Crippen LogP contribution >= 0.6 is 0 Å². The molecule has 0 saturated carbocycles. The van der Waals surface area contributed by atoms with Gasteiger partial charge in [-0.05, 0) is 19.9 Å². The molecule has 2 aromatic heterocycles. The quantitative estimate of drug-likeness (QED) is 0.834. The van der Waals surface area contributed by atoms with Crippen molar-refractivity contribution in [1.29, 1.82) is 0 Å². The minimum atomic E-state index is 0.515. The number of nitrogen functional groups attached to an aromatic ring is 1. The number of aryl methyl sites for hydroxylation is 2. The normalized spacial score (nSPS) is 15.7. The van der Waals surface area contributed by atoms with Crippen molar-refractivity contribution >= 4 is 11.5 Å². The summed E-state index contributed by atoms with van der Waals surface area (Å²) in [5, 5.41) is 7.73. The fourth-order valence-corrected chi connectivity index (χ4v) is 2.70. The third-order valence-electron chi connectivity index (χ3n) is 3.90. The van der Waals surface area contributed by atoms with Gasteiger partial charge in [0.25, 0.3) is 0 Å². The van der Waals surface area contributed by atoms with Crippen molar-refractivity contribution in [3.8, 4) is 5.82 Å². The van der Waals surface area contributed by atoms with Crippen LogP contribution in [0, 0.1) is 13.8 Å². The maximum absolute atomic E-state index is 6.23. The van der Waals surface area contributed by atoms with Gasteiger partial charge in [-0.2, -0.15) is 5.10 Å². The molecule has 1 aliphatic heterocycles. The summed E-state index contributed by atoms with van der Waals surface area (Å²) in [7, 11) is 0. The third-order valence-corrected chi connectivity index (χ3v) is 3.90. The molecule has 0 radical (unpaired) electrons. The highest BCUT2D eigenvalue weighted by molar-refractivity contribution is 5.69. The van der Waals surface area contributed by atoms with Gasteiger partial charge in [-0.1, -0.05) is 0 Å². The summed E-state index contributed by atoms with van der Waals surface area (Å²) in [6, 6.07) is 1.99. The molecule has 2 aromatic rings. The second kappa shape index (κ2) is 6.93. The van der Waals surface area contributed by atoms with E-state index in [0.29, 0.717) is 17.3 Å². The Hall–Kier alpha value is -2.19. The smallest absolute Gasteiger partial charge is 0.182 e. The molecule has 0 aliphatic carbocycles. The number of nitrogens with one attached hydrogen (secondary N) is 1. The summed E-state index contributed by atoms with van der Waals surface area (Å²) in [5.74, 6) is 1.26. The van der Waals surface area contributed by atoms with Gasteiger partial charge in [-0.15, -0.1) is 0 Å². The Balaban J connectivity index is 1.68. The number of hydrogen-bond donors (Lipinski definition) is 2. The van der Waals surface area contributed by atoms with Crippen molar-refractivity contribution in [1.82, 2.24) is 24.6 Å². The molecule has 1 saturated heterocycles. The van der Waals surface area contributed by atoms with E-state index in [0.717, 1.165) is 50.8 Å². The Morgan fingerprint density at radius 2 is 2.04 bits per heavy atom. The molecule has 8 heteroatoms. The molecule has 8 nitrogen and oxygen atoms in total. The van der Waals surface area contributed by atoms with Gasteiger partial charge in [-0.3, -0.25) is 4.90 Å². The second-order valence-electron chi connectivity index (χ2n) is 5.68. The largest absolute Gasteiger partial charge is 0.393 e. The fourth-order valence-electron chi connectivity index (χ4n) is 2.70. The van der Waals surface area contributed by atoms with Crippen molar-refractivity contribution in [3.63, 3.8) is 0 Å². The Bertz CT molecular complexity index is 664. The monoisotopic (exact) mass is 317 g/mol. The predicted octanol–water partition coefficient (Wildman–Crippen LogP) is 0.605. The molecular weight excluding hydrogens is 294 g/mol. The van der Waals surface area contributed by atoms with Gasteiger partial charge in [-0.25, -0.2) is 14.6 Å². The van der Waals surface area contributed by atoms with Crippen LogP contribution in [0.2, 0.25) is 0 Å². The van der Waals surface area contributed by atoms with Crippen LogP contribution in [0.15, 0.2) is 12.4 Å². The number of morpholine rings is 1. The van der Waals surface area contributed by atoms with E-state index in [-0.39, 0.29) is 0 Å². The van der Waals surface area contributed by atoms with Crippen molar-refractivity contribution in [2.75, 3.05) is 50.4 Å². The van der Waals surface area contributed by atoms with E-state index in [4.69, 9.17) is 10.5 Å². The van der Waals surface area contributed by atoms with Crippen molar-refractivity contribution in [2.24, 2.45) is 0 Å². The number of hydrogen-bond acceptors (Lipinski definition) is 7. The lowest BCUT2D eigenvalue weighted by Gasteiger charge is -2.26. The van der Waals surface area contributed by atoms with E-state index in [1.165, 1.54) is 6.33 Å². The number of anilines is 2. The van der Waals surface area contributed by atoms with E-state index in [1.54, 1.807) is 4.68 Å². The average molecular weight is 317 g/mol. The lowest BCUT2D eigenvalue weighted by atomic mass is 10.3. The molecule has 124 valence electrons. The van der Waals surface area contributed by atoms with Crippen LogP contribution in [-0.2, 0) is 4.74 Å². The van der Waals surface area contributed by atoms with Crippen molar-refractivity contribution < 1.29 is 4.74 Å². The first-order chi connectivity index (χ1) is 11.1. The first-order valence-corrected chi connectivity index (χ1v) is 7.83. The number of rotatable bonds is 5. The van der Waals surface area contributed by atoms with E-state index in [1.807, 2.05) is 19.9 Å². The first kappa shape index (κ1) is 15.7. The second-order valence-corrected chi connectivity index (χ2v) is 5.68. The van der Waals surface area contributed by atoms with Crippen molar-refractivity contribution in [3.05, 3.63) is 23.8 Å². The maximum atomic E-state index is 6.23. The zero-order valence-corrected chi connectivity index (χ0v) is 13.6. The van der Waals surface area contributed by atoms with Gasteiger partial charge in [0.2, 0.25) is 0 Å². The number of ether oxygens (including phenoxy) is 1. The van der Waals surface area contributed by atoms with E-state index in [2.05, 4.69) is 25.3 Å². The predicted molar refractivity (Wildman–Crippen MR) is 88.8 cm³/mol. The van der Waals surface area contributed by atoms with Crippen LogP contribution in [0.5, 0.6) is 0 Å². The highest BCUT2D eigenvalue weighted by atomic mass is 16.5. The molecule has 23 heavy (non-hydrogen) atoms. The highest BCUT2D eigenvalue weighted by Crippen LogP contribution is 2.22. The maximum Gasteiger partial charge on any atom is 0.182 e. The summed E-state index contributed by atoms with van der Waals surface area (Å²) < 4.78 is 7.10. The minimum absolute atomic E-state index is 0.515. The van der Waals surface area contributed by atoms with E-state index < -0.39 is 0 Å². The van der Waals surface area contributed by atoms with Gasteiger partial charge in [0, 0.05) is 31.9 Å². The molecule has 3 heterocycles. The van der Waals surface area contributed by atoms with E-state index in [9.17, 15) is 0 Å². The van der Waals surface area contributed by atoms with Gasteiger partial charge in [0.1, 0.15) is 12.0 Å². The summed E-state index contributed by atoms with van der Waals surface area (Å²) in [5.41, 5.74) is 8.67. The summed E-state index contributed by atoms with van der Waals surface area (Å²) in [4.78, 5) is 10.9. The molecule has 0 aromatic carbocycles.